The molecule has 0 radical (unpaired) electrons. The third kappa shape index (κ3) is 1.94. The van der Waals surface area contributed by atoms with Crippen molar-refractivity contribution < 1.29 is 0 Å². The molecule has 0 bridgehead atoms. The molecule has 1 aliphatic rings. The third-order valence-corrected chi connectivity index (χ3v) is 3.07. The summed E-state index contributed by atoms with van der Waals surface area (Å²) in [5.74, 6) is 0. The van der Waals surface area contributed by atoms with E-state index in [-0.39, 0.29) is 0 Å². The minimum Gasteiger partial charge on any atom is -0.314 e. The molecule has 2 aromatic heterocycles. The standard InChI is InChI=1S/C12H16N4/c1-2-12-14-5-8-16(12)10-11(1)9-15-6-3-13-4-7-15/h1-2,5,8,10,13H,3-4,6-7,9H2. The Morgan fingerprint density at radius 2 is 2.12 bits per heavy atom. The van der Waals surface area contributed by atoms with E-state index >= 15 is 0 Å². The largest absolute Gasteiger partial charge is 0.314 e. The zero-order valence-corrected chi connectivity index (χ0v) is 9.26. The number of aromatic nitrogens is 2. The Morgan fingerprint density at radius 3 is 3.00 bits per heavy atom. The molecule has 2 aromatic rings. The lowest BCUT2D eigenvalue weighted by molar-refractivity contribution is 0.233. The fraction of sp³-hybridized carbons (Fsp3) is 0.417. The molecule has 1 saturated heterocycles. The highest BCUT2D eigenvalue weighted by Crippen LogP contribution is 2.08. The lowest BCUT2D eigenvalue weighted by Gasteiger charge is -2.27. The summed E-state index contributed by atoms with van der Waals surface area (Å²) in [6, 6.07) is 4.25. The molecule has 0 atom stereocenters. The van der Waals surface area contributed by atoms with Gasteiger partial charge in [-0.15, -0.1) is 0 Å². The summed E-state index contributed by atoms with van der Waals surface area (Å²) in [6.07, 6.45) is 6.00. The Kier molecular flexibility index (Phi) is 2.60. The van der Waals surface area contributed by atoms with Gasteiger partial charge in [-0.05, 0) is 11.6 Å². The topological polar surface area (TPSA) is 32.6 Å². The maximum atomic E-state index is 4.25. The minimum absolute atomic E-state index is 1.02. The van der Waals surface area contributed by atoms with Crippen LogP contribution in [0.2, 0.25) is 0 Å². The van der Waals surface area contributed by atoms with Gasteiger partial charge in [0.05, 0.1) is 0 Å². The van der Waals surface area contributed by atoms with Crippen LogP contribution in [-0.4, -0.2) is 40.5 Å². The van der Waals surface area contributed by atoms with E-state index in [1.54, 1.807) is 0 Å². The fourth-order valence-electron chi connectivity index (χ4n) is 2.19. The van der Waals surface area contributed by atoms with Gasteiger partial charge in [0.25, 0.3) is 0 Å². The smallest absolute Gasteiger partial charge is 0.136 e. The van der Waals surface area contributed by atoms with Gasteiger partial charge in [0, 0.05) is 51.3 Å². The van der Waals surface area contributed by atoms with Gasteiger partial charge in [-0.1, -0.05) is 6.07 Å². The van der Waals surface area contributed by atoms with Crippen LogP contribution < -0.4 is 5.32 Å². The molecule has 4 heteroatoms. The number of hydrogen-bond donors (Lipinski definition) is 1. The van der Waals surface area contributed by atoms with E-state index in [4.69, 9.17) is 0 Å². The van der Waals surface area contributed by atoms with E-state index in [1.165, 1.54) is 5.56 Å². The summed E-state index contributed by atoms with van der Waals surface area (Å²) in [4.78, 5) is 6.73. The molecule has 0 aromatic carbocycles. The highest BCUT2D eigenvalue weighted by Gasteiger charge is 2.09. The van der Waals surface area contributed by atoms with Gasteiger partial charge < -0.3 is 9.72 Å². The molecule has 1 aliphatic heterocycles. The fourth-order valence-corrected chi connectivity index (χ4v) is 2.19. The first-order chi connectivity index (χ1) is 7.92. The summed E-state index contributed by atoms with van der Waals surface area (Å²) < 4.78 is 2.08. The Labute approximate surface area is 94.9 Å². The van der Waals surface area contributed by atoms with Crippen molar-refractivity contribution in [1.29, 1.82) is 0 Å². The van der Waals surface area contributed by atoms with Gasteiger partial charge in [0.15, 0.2) is 0 Å². The molecule has 3 rings (SSSR count). The molecule has 4 nitrogen and oxygen atoms in total. The minimum atomic E-state index is 1.02. The van der Waals surface area contributed by atoms with E-state index in [2.05, 4.69) is 37.9 Å². The van der Waals surface area contributed by atoms with Crippen LogP contribution >= 0.6 is 0 Å². The average Bonchev–Trinajstić information content (AvgIpc) is 2.77. The summed E-state index contributed by atoms with van der Waals surface area (Å²) in [5.41, 5.74) is 2.37. The molecular formula is C12H16N4. The van der Waals surface area contributed by atoms with Crippen molar-refractivity contribution in [2.24, 2.45) is 0 Å². The van der Waals surface area contributed by atoms with Crippen molar-refractivity contribution in [3.05, 3.63) is 36.3 Å². The van der Waals surface area contributed by atoms with Crippen LogP contribution in [0, 0.1) is 0 Å². The van der Waals surface area contributed by atoms with Crippen molar-refractivity contribution in [3.63, 3.8) is 0 Å². The van der Waals surface area contributed by atoms with E-state index in [0.29, 0.717) is 0 Å². The van der Waals surface area contributed by atoms with Crippen molar-refractivity contribution in [3.8, 4) is 0 Å². The number of pyridine rings is 1. The van der Waals surface area contributed by atoms with Crippen LogP contribution in [0.5, 0.6) is 0 Å². The molecular weight excluding hydrogens is 200 g/mol. The van der Waals surface area contributed by atoms with Gasteiger partial charge in [-0.3, -0.25) is 4.90 Å². The van der Waals surface area contributed by atoms with E-state index in [1.807, 2.05) is 12.4 Å². The Balaban J connectivity index is 1.77. The van der Waals surface area contributed by atoms with E-state index in [0.717, 1.165) is 38.4 Å². The molecule has 84 valence electrons. The van der Waals surface area contributed by atoms with Crippen LogP contribution in [0.4, 0.5) is 0 Å². The van der Waals surface area contributed by atoms with Gasteiger partial charge in [-0.2, -0.15) is 0 Å². The second kappa shape index (κ2) is 4.23. The number of imidazole rings is 1. The summed E-state index contributed by atoms with van der Waals surface area (Å²) in [5, 5.41) is 3.37. The number of piperazine rings is 1. The maximum absolute atomic E-state index is 4.25. The lowest BCUT2D eigenvalue weighted by Crippen LogP contribution is -2.42. The first-order valence-electron chi connectivity index (χ1n) is 5.76. The van der Waals surface area contributed by atoms with Crippen molar-refractivity contribution in [1.82, 2.24) is 19.6 Å². The van der Waals surface area contributed by atoms with Crippen LogP contribution in [0.15, 0.2) is 30.7 Å². The second-order valence-corrected chi connectivity index (χ2v) is 4.26. The predicted octanol–water partition coefficient (Wildman–Crippen LogP) is 0.739. The van der Waals surface area contributed by atoms with Crippen LogP contribution in [0.1, 0.15) is 5.56 Å². The van der Waals surface area contributed by atoms with Gasteiger partial charge in [-0.25, -0.2) is 4.98 Å². The quantitative estimate of drug-likeness (QED) is 0.803. The van der Waals surface area contributed by atoms with Crippen molar-refractivity contribution in [2.45, 2.75) is 6.54 Å². The highest BCUT2D eigenvalue weighted by molar-refractivity contribution is 5.39. The van der Waals surface area contributed by atoms with E-state index in [9.17, 15) is 0 Å². The lowest BCUT2D eigenvalue weighted by atomic mass is 10.2. The van der Waals surface area contributed by atoms with Gasteiger partial charge in [0.1, 0.15) is 5.65 Å². The van der Waals surface area contributed by atoms with Gasteiger partial charge in [0.2, 0.25) is 0 Å². The molecule has 0 saturated carbocycles. The van der Waals surface area contributed by atoms with E-state index < -0.39 is 0 Å². The van der Waals surface area contributed by atoms with Crippen LogP contribution in [-0.2, 0) is 6.54 Å². The number of rotatable bonds is 2. The molecule has 0 amide bonds. The molecule has 16 heavy (non-hydrogen) atoms. The Morgan fingerprint density at radius 1 is 1.25 bits per heavy atom. The molecule has 1 fully saturated rings. The summed E-state index contributed by atoms with van der Waals surface area (Å²) in [6.45, 7) is 5.53. The zero-order chi connectivity index (χ0) is 10.8. The van der Waals surface area contributed by atoms with Crippen molar-refractivity contribution >= 4 is 5.65 Å². The molecule has 0 aliphatic carbocycles. The first kappa shape index (κ1) is 9.81. The molecule has 3 heterocycles. The number of nitrogens with zero attached hydrogens (tertiary/aromatic N) is 3. The third-order valence-electron chi connectivity index (χ3n) is 3.07. The van der Waals surface area contributed by atoms with Crippen LogP contribution in [0.3, 0.4) is 0 Å². The zero-order valence-electron chi connectivity index (χ0n) is 9.26. The predicted molar refractivity (Wildman–Crippen MR) is 63.3 cm³/mol. The molecule has 0 spiro atoms. The normalized spacial score (nSPS) is 18.0. The summed E-state index contributed by atoms with van der Waals surface area (Å²) >= 11 is 0. The Hall–Kier alpha value is -1.39. The highest BCUT2D eigenvalue weighted by atomic mass is 15.2. The average molecular weight is 216 g/mol. The monoisotopic (exact) mass is 216 g/mol. The number of nitrogens with one attached hydrogen (secondary N) is 1. The number of fused-ring (bicyclic) bond motifs is 1. The Bertz CT molecular complexity index is 471. The molecule has 1 N–H and O–H groups in total. The SMILES string of the molecule is c1cn2cc(CN3CCNCC3)ccc2n1. The first-order valence-corrected chi connectivity index (χ1v) is 5.76. The second-order valence-electron chi connectivity index (χ2n) is 4.26. The molecule has 0 unspecified atom stereocenters. The number of hydrogen-bond acceptors (Lipinski definition) is 3. The summed E-state index contributed by atoms with van der Waals surface area (Å²) in [7, 11) is 0. The van der Waals surface area contributed by atoms with Crippen LogP contribution in [0.25, 0.3) is 5.65 Å². The maximum Gasteiger partial charge on any atom is 0.136 e. The van der Waals surface area contributed by atoms with Crippen molar-refractivity contribution in [2.75, 3.05) is 26.2 Å². The van der Waals surface area contributed by atoms with Gasteiger partial charge >= 0.3 is 0 Å².